The number of carbonyl (C=O) groups excluding carboxylic acids is 2. The van der Waals surface area contributed by atoms with Crippen LogP contribution in [0.2, 0.25) is 5.02 Å². The average Bonchev–Trinajstić information content (AvgIpc) is 2.69. The largest absolute Gasteiger partial charge is 0.465 e. The molecule has 0 aliphatic rings. The molecule has 8 heteroatoms. The van der Waals surface area contributed by atoms with Crippen molar-refractivity contribution < 1.29 is 14.3 Å². The van der Waals surface area contributed by atoms with Crippen molar-refractivity contribution in [3.8, 4) is 0 Å². The lowest BCUT2D eigenvalue weighted by Gasteiger charge is -2.10. The highest BCUT2D eigenvalue weighted by atomic mass is 35.5. The van der Waals surface area contributed by atoms with Crippen LogP contribution in [0.5, 0.6) is 0 Å². The van der Waals surface area contributed by atoms with Crippen LogP contribution in [-0.2, 0) is 4.74 Å². The number of methoxy groups -OCH3 is 1. The van der Waals surface area contributed by atoms with E-state index in [1.165, 1.54) is 7.11 Å². The first-order chi connectivity index (χ1) is 13.1. The van der Waals surface area contributed by atoms with Crippen LogP contribution in [0.15, 0.2) is 60.7 Å². The first-order valence-corrected chi connectivity index (χ1v) is 8.30. The monoisotopic (exact) mass is 382 g/mol. The Morgan fingerprint density at radius 3 is 2.19 bits per heavy atom. The van der Waals surface area contributed by atoms with Gasteiger partial charge in [-0.15, -0.1) is 10.2 Å². The van der Waals surface area contributed by atoms with E-state index in [4.69, 9.17) is 16.3 Å². The molecule has 0 unspecified atom stereocenters. The van der Waals surface area contributed by atoms with Gasteiger partial charge in [0.15, 0.2) is 11.6 Å². The number of ether oxygens (including phenoxy) is 1. The van der Waals surface area contributed by atoms with Gasteiger partial charge in [-0.25, -0.2) is 4.79 Å². The van der Waals surface area contributed by atoms with E-state index < -0.39 is 5.97 Å². The van der Waals surface area contributed by atoms with Gasteiger partial charge in [-0.3, -0.25) is 4.79 Å². The van der Waals surface area contributed by atoms with Crippen molar-refractivity contribution in [1.82, 2.24) is 10.2 Å². The van der Waals surface area contributed by atoms with Gasteiger partial charge in [-0.2, -0.15) is 0 Å². The maximum Gasteiger partial charge on any atom is 0.339 e. The lowest BCUT2D eigenvalue weighted by atomic mass is 10.2. The first-order valence-electron chi connectivity index (χ1n) is 7.92. The first kappa shape index (κ1) is 18.3. The number of aromatic nitrogens is 2. The minimum absolute atomic E-state index is 0.270. The molecule has 0 radical (unpaired) electrons. The minimum atomic E-state index is -0.463. The van der Waals surface area contributed by atoms with Gasteiger partial charge in [0.25, 0.3) is 5.91 Å². The number of halogens is 1. The Labute approximate surface area is 160 Å². The van der Waals surface area contributed by atoms with Crippen molar-refractivity contribution in [3.63, 3.8) is 0 Å². The lowest BCUT2D eigenvalue weighted by Crippen LogP contribution is -2.14. The van der Waals surface area contributed by atoms with E-state index in [1.807, 2.05) is 0 Å². The van der Waals surface area contributed by atoms with E-state index in [1.54, 1.807) is 60.7 Å². The Balaban J connectivity index is 1.72. The molecule has 2 aromatic carbocycles. The van der Waals surface area contributed by atoms with Crippen molar-refractivity contribution in [2.45, 2.75) is 0 Å². The summed E-state index contributed by atoms with van der Waals surface area (Å²) in [5.74, 6) is -0.171. The molecule has 1 heterocycles. The minimum Gasteiger partial charge on any atom is -0.465 e. The van der Waals surface area contributed by atoms with Crippen LogP contribution in [0.1, 0.15) is 20.7 Å². The van der Waals surface area contributed by atoms with E-state index in [0.717, 1.165) is 0 Å². The van der Waals surface area contributed by atoms with Crippen molar-refractivity contribution in [2.24, 2.45) is 0 Å². The van der Waals surface area contributed by atoms with E-state index in [-0.39, 0.29) is 11.7 Å². The van der Waals surface area contributed by atoms with Crippen molar-refractivity contribution in [1.29, 1.82) is 0 Å². The zero-order valence-electron chi connectivity index (χ0n) is 14.3. The molecule has 1 aromatic heterocycles. The highest BCUT2D eigenvalue weighted by Crippen LogP contribution is 2.21. The Hall–Kier alpha value is -3.45. The second kappa shape index (κ2) is 8.29. The maximum atomic E-state index is 12.2. The normalized spacial score (nSPS) is 10.1. The summed E-state index contributed by atoms with van der Waals surface area (Å²) in [7, 11) is 1.31. The molecular formula is C19H15ClN4O3. The summed E-state index contributed by atoms with van der Waals surface area (Å²) in [5, 5.41) is 13.9. The maximum absolute atomic E-state index is 12.2. The number of nitrogens with zero attached hydrogens (tertiary/aromatic N) is 2. The molecule has 0 fully saturated rings. The zero-order valence-corrected chi connectivity index (χ0v) is 15.0. The van der Waals surface area contributed by atoms with Gasteiger partial charge in [0.1, 0.15) is 0 Å². The fraction of sp³-hybridized carbons (Fsp3) is 0.0526. The molecule has 136 valence electrons. The number of para-hydroxylation sites is 1. The summed E-state index contributed by atoms with van der Waals surface area (Å²) in [6.07, 6.45) is 0. The Morgan fingerprint density at radius 1 is 0.889 bits per heavy atom. The molecular weight excluding hydrogens is 368 g/mol. The number of amides is 1. The Bertz CT molecular complexity index is 977. The van der Waals surface area contributed by atoms with Gasteiger partial charge < -0.3 is 15.4 Å². The van der Waals surface area contributed by atoms with Gasteiger partial charge in [0.05, 0.1) is 28.9 Å². The predicted octanol–water partition coefficient (Wildman–Crippen LogP) is 3.91. The number of benzene rings is 2. The van der Waals surface area contributed by atoms with Gasteiger partial charge in [-0.05, 0) is 36.4 Å². The van der Waals surface area contributed by atoms with Crippen LogP contribution in [-0.4, -0.2) is 29.2 Å². The molecule has 7 nitrogen and oxygen atoms in total. The number of rotatable bonds is 5. The highest BCUT2D eigenvalue weighted by molar-refractivity contribution is 6.34. The third kappa shape index (κ3) is 4.39. The van der Waals surface area contributed by atoms with Gasteiger partial charge >= 0.3 is 5.97 Å². The second-order valence-electron chi connectivity index (χ2n) is 5.40. The van der Waals surface area contributed by atoms with Gasteiger partial charge in [-0.1, -0.05) is 35.9 Å². The number of carbonyl (C=O) groups is 2. The fourth-order valence-electron chi connectivity index (χ4n) is 2.31. The molecule has 2 N–H and O–H groups in total. The number of esters is 1. The number of nitrogens with one attached hydrogen (secondary N) is 2. The van der Waals surface area contributed by atoms with Crippen LogP contribution >= 0.6 is 11.6 Å². The van der Waals surface area contributed by atoms with E-state index in [0.29, 0.717) is 27.7 Å². The number of hydrogen-bond acceptors (Lipinski definition) is 6. The molecule has 0 aliphatic carbocycles. The van der Waals surface area contributed by atoms with Crippen LogP contribution in [0.4, 0.5) is 17.3 Å². The summed E-state index contributed by atoms with van der Waals surface area (Å²) in [6.45, 7) is 0. The summed E-state index contributed by atoms with van der Waals surface area (Å²) >= 11 is 6.01. The molecule has 0 bridgehead atoms. The topological polar surface area (TPSA) is 93.2 Å². The van der Waals surface area contributed by atoms with E-state index in [9.17, 15) is 9.59 Å². The lowest BCUT2D eigenvalue weighted by molar-refractivity contribution is 0.0601. The smallest absolute Gasteiger partial charge is 0.339 e. The summed E-state index contributed by atoms with van der Waals surface area (Å²) in [6, 6.07) is 16.8. The SMILES string of the molecule is COC(=O)c1ccccc1Nc1ccc(NC(=O)c2ccccc2Cl)nn1. The van der Waals surface area contributed by atoms with Crippen LogP contribution in [0.3, 0.4) is 0 Å². The Kier molecular flexibility index (Phi) is 5.63. The van der Waals surface area contributed by atoms with Crippen molar-refractivity contribution in [2.75, 3.05) is 17.7 Å². The number of anilines is 3. The molecule has 0 spiro atoms. The molecule has 3 rings (SSSR count). The fourth-order valence-corrected chi connectivity index (χ4v) is 2.53. The molecule has 0 atom stereocenters. The summed E-state index contributed by atoms with van der Waals surface area (Å²) < 4.78 is 4.76. The number of hydrogen-bond donors (Lipinski definition) is 2. The van der Waals surface area contributed by atoms with Crippen LogP contribution < -0.4 is 10.6 Å². The van der Waals surface area contributed by atoms with Crippen LogP contribution in [0, 0.1) is 0 Å². The molecule has 0 saturated carbocycles. The Morgan fingerprint density at radius 2 is 1.52 bits per heavy atom. The van der Waals surface area contributed by atoms with Gasteiger partial charge in [0, 0.05) is 0 Å². The summed E-state index contributed by atoms with van der Waals surface area (Å²) in [4.78, 5) is 24.0. The third-order valence-corrected chi connectivity index (χ3v) is 3.95. The average molecular weight is 383 g/mol. The molecule has 0 aliphatic heterocycles. The van der Waals surface area contributed by atoms with Crippen molar-refractivity contribution in [3.05, 3.63) is 76.8 Å². The predicted molar refractivity (Wildman–Crippen MR) is 103 cm³/mol. The second-order valence-corrected chi connectivity index (χ2v) is 5.81. The quantitative estimate of drug-likeness (QED) is 0.650. The zero-order chi connectivity index (χ0) is 19.2. The van der Waals surface area contributed by atoms with Crippen molar-refractivity contribution >= 4 is 40.8 Å². The molecule has 1 amide bonds. The third-order valence-electron chi connectivity index (χ3n) is 3.62. The van der Waals surface area contributed by atoms with E-state index in [2.05, 4.69) is 20.8 Å². The molecule has 0 saturated heterocycles. The summed E-state index contributed by atoms with van der Waals surface area (Å²) in [5.41, 5.74) is 1.25. The molecule has 3 aromatic rings. The molecule has 27 heavy (non-hydrogen) atoms. The van der Waals surface area contributed by atoms with Gasteiger partial charge in [0.2, 0.25) is 0 Å². The van der Waals surface area contributed by atoms with E-state index >= 15 is 0 Å². The van der Waals surface area contributed by atoms with Crippen LogP contribution in [0.25, 0.3) is 0 Å². The highest BCUT2D eigenvalue weighted by Gasteiger charge is 2.13. The standard InChI is InChI=1S/C19H15ClN4O3/c1-27-19(26)13-7-3-5-9-15(13)21-16-10-11-17(24-23-16)22-18(25)12-6-2-4-8-14(12)20/h2-11H,1H3,(H,21,23)(H,22,24,25).